The average molecular weight is 315 g/mol. The van der Waals surface area contributed by atoms with Gasteiger partial charge in [-0.2, -0.15) is 16.6 Å². The van der Waals surface area contributed by atoms with Crippen LogP contribution in [-0.4, -0.2) is 29.2 Å². The number of nitriles is 1. The fourth-order valence-electron chi connectivity index (χ4n) is 2.74. The summed E-state index contributed by atoms with van der Waals surface area (Å²) < 4.78 is 0. The van der Waals surface area contributed by atoms with Gasteiger partial charge in [0.25, 0.3) is 0 Å². The largest absolute Gasteiger partial charge is 0.302 e. The molecule has 0 fully saturated rings. The van der Waals surface area contributed by atoms with Crippen molar-refractivity contribution in [1.82, 2.24) is 9.88 Å². The van der Waals surface area contributed by atoms with Gasteiger partial charge in [0.05, 0.1) is 5.56 Å². The summed E-state index contributed by atoms with van der Waals surface area (Å²) in [6.07, 6.45) is 0.964. The van der Waals surface area contributed by atoms with Gasteiger partial charge in [-0.05, 0) is 40.8 Å². The number of likely N-dealkylation sites (N-methyl/N-ethyl adjacent to an activating group) is 1. The SMILES string of the molecule is CCSc1nc2c(c(-c3ccsc3)c1C#N)CN(C)CC2. The van der Waals surface area contributed by atoms with Crippen LogP contribution in [0.4, 0.5) is 0 Å². The predicted octanol–water partition coefficient (Wildman–Crippen LogP) is 3.78. The third-order valence-electron chi connectivity index (χ3n) is 3.71. The molecule has 0 N–H and O–H groups in total. The summed E-state index contributed by atoms with van der Waals surface area (Å²) in [5, 5.41) is 14.8. The minimum atomic E-state index is 0.745. The van der Waals surface area contributed by atoms with Crippen molar-refractivity contribution in [1.29, 1.82) is 5.26 Å². The van der Waals surface area contributed by atoms with Crippen LogP contribution in [0.25, 0.3) is 11.1 Å². The van der Waals surface area contributed by atoms with Gasteiger partial charge in [0, 0.05) is 30.8 Å². The molecule has 2 aromatic heterocycles. The second-order valence-electron chi connectivity index (χ2n) is 5.14. The van der Waals surface area contributed by atoms with E-state index in [-0.39, 0.29) is 0 Å². The van der Waals surface area contributed by atoms with E-state index in [1.807, 2.05) is 0 Å². The molecule has 1 aliphatic rings. The van der Waals surface area contributed by atoms with Gasteiger partial charge in [0.15, 0.2) is 0 Å². The van der Waals surface area contributed by atoms with E-state index in [2.05, 4.69) is 41.8 Å². The average Bonchev–Trinajstić information content (AvgIpc) is 3.00. The van der Waals surface area contributed by atoms with E-state index in [1.54, 1.807) is 23.1 Å². The molecule has 0 saturated heterocycles. The molecule has 0 spiro atoms. The molecule has 2 aromatic rings. The zero-order valence-corrected chi connectivity index (χ0v) is 13.9. The minimum absolute atomic E-state index is 0.745. The fraction of sp³-hybridized carbons (Fsp3) is 0.375. The lowest BCUT2D eigenvalue weighted by Gasteiger charge is -2.27. The molecule has 0 amide bonds. The summed E-state index contributed by atoms with van der Waals surface area (Å²) >= 11 is 3.34. The highest BCUT2D eigenvalue weighted by Crippen LogP contribution is 2.37. The van der Waals surface area contributed by atoms with Gasteiger partial charge in [0.1, 0.15) is 11.1 Å². The first-order valence-electron chi connectivity index (χ1n) is 7.04. The maximum absolute atomic E-state index is 9.68. The Balaban J connectivity index is 2.27. The lowest BCUT2D eigenvalue weighted by Crippen LogP contribution is -2.28. The molecule has 0 aliphatic carbocycles. The lowest BCUT2D eigenvalue weighted by molar-refractivity contribution is 0.309. The molecule has 21 heavy (non-hydrogen) atoms. The predicted molar refractivity (Wildman–Crippen MR) is 88.7 cm³/mol. The van der Waals surface area contributed by atoms with Crippen molar-refractivity contribution < 1.29 is 0 Å². The van der Waals surface area contributed by atoms with Crippen LogP contribution >= 0.6 is 23.1 Å². The standard InChI is InChI=1S/C16H17N3S2/c1-3-21-16-12(8-17)15(11-5-7-20-10-11)13-9-19(2)6-4-14(13)18-16/h5,7,10H,3-4,6,9H2,1-2H3. The summed E-state index contributed by atoms with van der Waals surface area (Å²) in [5.74, 6) is 0.934. The highest BCUT2D eigenvalue weighted by atomic mass is 32.2. The number of nitrogens with zero attached hydrogens (tertiary/aromatic N) is 3. The zero-order valence-electron chi connectivity index (χ0n) is 12.2. The van der Waals surface area contributed by atoms with Gasteiger partial charge >= 0.3 is 0 Å². The summed E-state index contributed by atoms with van der Waals surface area (Å²) in [4.78, 5) is 7.10. The molecule has 108 valence electrons. The highest BCUT2D eigenvalue weighted by Gasteiger charge is 2.24. The summed E-state index contributed by atoms with van der Waals surface area (Å²) in [6, 6.07) is 4.51. The van der Waals surface area contributed by atoms with E-state index < -0.39 is 0 Å². The number of thioether (sulfide) groups is 1. The monoisotopic (exact) mass is 315 g/mol. The summed E-state index contributed by atoms with van der Waals surface area (Å²) in [5.41, 5.74) is 5.41. The van der Waals surface area contributed by atoms with Crippen molar-refractivity contribution in [3.63, 3.8) is 0 Å². The molecule has 3 nitrogen and oxygen atoms in total. The Morgan fingerprint density at radius 1 is 1.52 bits per heavy atom. The van der Waals surface area contributed by atoms with Crippen molar-refractivity contribution in [3.05, 3.63) is 33.6 Å². The van der Waals surface area contributed by atoms with Gasteiger partial charge in [-0.3, -0.25) is 0 Å². The molecule has 5 heteroatoms. The van der Waals surface area contributed by atoms with Crippen molar-refractivity contribution in [2.24, 2.45) is 0 Å². The second-order valence-corrected chi connectivity index (χ2v) is 7.17. The second kappa shape index (κ2) is 6.18. The molecule has 0 saturated carbocycles. The molecule has 0 atom stereocenters. The van der Waals surface area contributed by atoms with E-state index in [0.717, 1.165) is 47.0 Å². The molecule has 0 aromatic carbocycles. The van der Waals surface area contributed by atoms with Crippen molar-refractivity contribution >= 4 is 23.1 Å². The van der Waals surface area contributed by atoms with Crippen LogP contribution in [-0.2, 0) is 13.0 Å². The van der Waals surface area contributed by atoms with E-state index in [1.165, 1.54) is 11.3 Å². The fourth-order valence-corrected chi connectivity index (χ4v) is 4.13. The Morgan fingerprint density at radius 3 is 3.05 bits per heavy atom. The van der Waals surface area contributed by atoms with Crippen molar-refractivity contribution in [2.45, 2.75) is 24.9 Å². The normalized spacial score (nSPS) is 14.7. The molecular weight excluding hydrogens is 298 g/mol. The van der Waals surface area contributed by atoms with Crippen LogP contribution in [0, 0.1) is 11.3 Å². The number of pyridine rings is 1. The van der Waals surface area contributed by atoms with Gasteiger partial charge in [0.2, 0.25) is 0 Å². The molecule has 0 bridgehead atoms. The molecule has 1 aliphatic heterocycles. The van der Waals surface area contributed by atoms with E-state index in [0.29, 0.717) is 0 Å². The maximum Gasteiger partial charge on any atom is 0.115 e. The summed E-state index contributed by atoms with van der Waals surface area (Å²) in [6.45, 7) is 4.01. The van der Waals surface area contributed by atoms with Crippen molar-refractivity contribution in [2.75, 3.05) is 19.3 Å². The molecule has 3 heterocycles. The third kappa shape index (κ3) is 2.71. The molecular formula is C16H17N3S2. The van der Waals surface area contributed by atoms with E-state index in [4.69, 9.17) is 4.98 Å². The molecule has 0 unspecified atom stereocenters. The van der Waals surface area contributed by atoms with Crippen LogP contribution in [0.3, 0.4) is 0 Å². The summed E-state index contributed by atoms with van der Waals surface area (Å²) in [7, 11) is 2.13. The first-order chi connectivity index (χ1) is 10.2. The van der Waals surface area contributed by atoms with E-state index in [9.17, 15) is 5.26 Å². The van der Waals surface area contributed by atoms with Crippen LogP contribution < -0.4 is 0 Å². The van der Waals surface area contributed by atoms with Crippen LogP contribution in [0.5, 0.6) is 0 Å². The Labute approximate surface area is 133 Å². The van der Waals surface area contributed by atoms with Crippen molar-refractivity contribution in [3.8, 4) is 17.2 Å². The third-order valence-corrected chi connectivity index (χ3v) is 5.25. The molecule has 0 radical (unpaired) electrons. The molecule has 3 rings (SSSR count). The number of hydrogen-bond donors (Lipinski definition) is 0. The Kier molecular flexibility index (Phi) is 4.29. The Morgan fingerprint density at radius 2 is 2.38 bits per heavy atom. The number of hydrogen-bond acceptors (Lipinski definition) is 5. The van der Waals surface area contributed by atoms with E-state index >= 15 is 0 Å². The highest BCUT2D eigenvalue weighted by molar-refractivity contribution is 7.99. The number of rotatable bonds is 3. The van der Waals surface area contributed by atoms with Gasteiger partial charge in [-0.25, -0.2) is 4.98 Å². The smallest absolute Gasteiger partial charge is 0.115 e. The van der Waals surface area contributed by atoms with Crippen LogP contribution in [0.15, 0.2) is 21.9 Å². The lowest BCUT2D eigenvalue weighted by atomic mass is 9.93. The minimum Gasteiger partial charge on any atom is -0.302 e. The number of fused-ring (bicyclic) bond motifs is 1. The van der Waals surface area contributed by atoms with Crippen LogP contribution in [0.2, 0.25) is 0 Å². The zero-order chi connectivity index (χ0) is 14.8. The van der Waals surface area contributed by atoms with Gasteiger partial charge in [-0.15, -0.1) is 11.8 Å². The topological polar surface area (TPSA) is 39.9 Å². The quantitative estimate of drug-likeness (QED) is 0.808. The Hall–Kier alpha value is -1.35. The number of thiophene rings is 1. The maximum atomic E-state index is 9.68. The Bertz CT molecular complexity index is 687. The number of aromatic nitrogens is 1. The first kappa shape index (κ1) is 14.6. The van der Waals surface area contributed by atoms with Gasteiger partial charge in [-0.1, -0.05) is 6.92 Å². The first-order valence-corrected chi connectivity index (χ1v) is 8.97. The van der Waals surface area contributed by atoms with Crippen LogP contribution in [0.1, 0.15) is 23.7 Å². The van der Waals surface area contributed by atoms with Gasteiger partial charge < -0.3 is 4.90 Å².